The van der Waals surface area contributed by atoms with Crippen LogP contribution < -0.4 is 5.32 Å². The van der Waals surface area contributed by atoms with E-state index in [0.29, 0.717) is 11.1 Å². The first-order valence-corrected chi connectivity index (χ1v) is 12.4. The Bertz CT molecular complexity index is 1020. The van der Waals surface area contributed by atoms with Crippen LogP contribution in [-0.2, 0) is 9.47 Å². The van der Waals surface area contributed by atoms with E-state index in [1.165, 1.54) is 12.1 Å². The third kappa shape index (κ3) is 5.85. The van der Waals surface area contributed by atoms with E-state index in [1.807, 2.05) is 19.2 Å². The van der Waals surface area contributed by atoms with Crippen LogP contribution in [-0.4, -0.2) is 37.0 Å². The number of ketones is 1. The Morgan fingerprint density at radius 1 is 0.676 bits per heavy atom. The monoisotopic (exact) mass is 463 g/mol. The fourth-order valence-electron chi connectivity index (χ4n) is 4.78. The maximum Gasteiger partial charge on any atom is 0.339 e. The van der Waals surface area contributed by atoms with E-state index in [4.69, 9.17) is 9.47 Å². The molecule has 2 fully saturated rings. The maximum absolute atomic E-state index is 13.2. The van der Waals surface area contributed by atoms with Gasteiger partial charge in [0.15, 0.2) is 5.78 Å². The molecule has 0 bridgehead atoms. The molecule has 2 aromatic carbocycles. The standard InChI is InChI=1S/C28H33NO5/c1-29-21-15-12-19(13-16-21)26(30)20-14-17-24(27(31)33-22-8-4-2-5-9-22)25(18-20)28(32)34-23-10-6-3-7-11-23/h12-18,22-23,29H,2-11H2,1H3. The second-order valence-corrected chi connectivity index (χ2v) is 9.25. The molecule has 0 heterocycles. The molecule has 2 aliphatic carbocycles. The molecule has 0 radical (unpaired) electrons. The summed E-state index contributed by atoms with van der Waals surface area (Å²) in [5.74, 6) is -1.32. The predicted octanol–water partition coefficient (Wildman–Crippen LogP) is 5.94. The summed E-state index contributed by atoms with van der Waals surface area (Å²) in [6.45, 7) is 0. The number of nitrogens with one attached hydrogen (secondary N) is 1. The van der Waals surface area contributed by atoms with Gasteiger partial charge in [0.05, 0.1) is 11.1 Å². The number of anilines is 1. The topological polar surface area (TPSA) is 81.7 Å². The third-order valence-electron chi connectivity index (χ3n) is 6.81. The van der Waals surface area contributed by atoms with Crippen molar-refractivity contribution in [3.05, 3.63) is 64.7 Å². The highest BCUT2D eigenvalue weighted by Gasteiger charge is 2.27. The number of hydrogen-bond donors (Lipinski definition) is 1. The second-order valence-electron chi connectivity index (χ2n) is 9.25. The lowest BCUT2D eigenvalue weighted by molar-refractivity contribution is 0.0164. The Balaban J connectivity index is 1.60. The van der Waals surface area contributed by atoms with Gasteiger partial charge < -0.3 is 14.8 Å². The van der Waals surface area contributed by atoms with Crippen molar-refractivity contribution in [3.63, 3.8) is 0 Å². The van der Waals surface area contributed by atoms with Crippen LogP contribution in [0.3, 0.4) is 0 Å². The largest absolute Gasteiger partial charge is 0.459 e. The van der Waals surface area contributed by atoms with Gasteiger partial charge in [0.25, 0.3) is 0 Å². The number of rotatable bonds is 7. The van der Waals surface area contributed by atoms with Gasteiger partial charge in [0, 0.05) is 23.9 Å². The smallest absolute Gasteiger partial charge is 0.339 e. The summed E-state index contributed by atoms with van der Waals surface area (Å²) in [5.41, 5.74) is 2.00. The fraction of sp³-hybridized carbons (Fsp3) is 0.464. The maximum atomic E-state index is 13.2. The minimum absolute atomic E-state index is 0.101. The Morgan fingerprint density at radius 3 is 1.71 bits per heavy atom. The van der Waals surface area contributed by atoms with Gasteiger partial charge >= 0.3 is 11.9 Å². The van der Waals surface area contributed by atoms with Crippen molar-refractivity contribution in [2.45, 2.75) is 76.4 Å². The van der Waals surface area contributed by atoms with Gasteiger partial charge in [-0.1, -0.05) is 18.9 Å². The van der Waals surface area contributed by atoms with Crippen molar-refractivity contribution in [2.24, 2.45) is 0 Å². The van der Waals surface area contributed by atoms with Gasteiger partial charge in [-0.15, -0.1) is 0 Å². The Morgan fingerprint density at radius 2 is 1.18 bits per heavy atom. The SMILES string of the molecule is CNc1ccc(C(=O)c2ccc(C(=O)OC3CCCCC3)c(C(=O)OC3CCCCC3)c2)cc1. The number of carbonyl (C=O) groups excluding carboxylic acids is 3. The fourth-order valence-corrected chi connectivity index (χ4v) is 4.78. The summed E-state index contributed by atoms with van der Waals surface area (Å²) < 4.78 is 11.5. The number of hydrogen-bond acceptors (Lipinski definition) is 6. The van der Waals surface area contributed by atoms with Crippen LogP contribution in [0.15, 0.2) is 42.5 Å². The summed E-state index contributed by atoms with van der Waals surface area (Å²) in [5, 5.41) is 3.03. The van der Waals surface area contributed by atoms with E-state index in [9.17, 15) is 14.4 Å². The van der Waals surface area contributed by atoms with Crippen molar-refractivity contribution in [2.75, 3.05) is 12.4 Å². The Kier molecular flexibility index (Phi) is 7.99. The molecule has 0 aliphatic heterocycles. The van der Waals surface area contributed by atoms with Crippen molar-refractivity contribution < 1.29 is 23.9 Å². The first-order valence-electron chi connectivity index (χ1n) is 12.4. The minimum Gasteiger partial charge on any atom is -0.459 e. The summed E-state index contributed by atoms with van der Waals surface area (Å²) in [4.78, 5) is 39.3. The lowest BCUT2D eigenvalue weighted by Gasteiger charge is -2.24. The van der Waals surface area contributed by atoms with E-state index in [1.54, 1.807) is 18.2 Å². The quantitative estimate of drug-likeness (QED) is 0.404. The van der Waals surface area contributed by atoms with Gasteiger partial charge in [-0.3, -0.25) is 4.79 Å². The number of ether oxygens (including phenoxy) is 2. The van der Waals surface area contributed by atoms with Gasteiger partial charge in [-0.2, -0.15) is 0 Å². The molecule has 6 heteroatoms. The Labute approximate surface area is 201 Å². The number of benzene rings is 2. The third-order valence-corrected chi connectivity index (χ3v) is 6.81. The van der Waals surface area contributed by atoms with Gasteiger partial charge in [0.2, 0.25) is 0 Å². The van der Waals surface area contributed by atoms with Crippen LogP contribution in [0, 0.1) is 0 Å². The molecule has 34 heavy (non-hydrogen) atoms. The molecule has 0 saturated heterocycles. The van der Waals surface area contributed by atoms with Gasteiger partial charge in [-0.25, -0.2) is 9.59 Å². The molecule has 1 N–H and O–H groups in total. The van der Waals surface area contributed by atoms with Crippen LogP contribution in [0.2, 0.25) is 0 Å². The average molecular weight is 464 g/mol. The Hall–Kier alpha value is -3.15. The molecule has 0 unspecified atom stereocenters. The van der Waals surface area contributed by atoms with E-state index in [-0.39, 0.29) is 29.1 Å². The highest BCUT2D eigenvalue weighted by atomic mass is 16.5. The summed E-state index contributed by atoms with van der Waals surface area (Å²) >= 11 is 0. The lowest BCUT2D eigenvalue weighted by atomic mass is 9.96. The van der Waals surface area contributed by atoms with Crippen molar-refractivity contribution in [1.29, 1.82) is 0 Å². The van der Waals surface area contributed by atoms with E-state index in [0.717, 1.165) is 69.9 Å². The summed E-state index contributed by atoms with van der Waals surface area (Å²) in [6.07, 6.45) is 9.46. The predicted molar refractivity (Wildman–Crippen MR) is 130 cm³/mol. The van der Waals surface area contributed by atoms with Crippen molar-refractivity contribution in [3.8, 4) is 0 Å². The van der Waals surface area contributed by atoms with Crippen LogP contribution in [0.4, 0.5) is 5.69 Å². The molecule has 2 saturated carbocycles. The second kappa shape index (κ2) is 11.3. The van der Waals surface area contributed by atoms with Crippen molar-refractivity contribution >= 4 is 23.4 Å². The zero-order chi connectivity index (χ0) is 23.9. The zero-order valence-corrected chi connectivity index (χ0v) is 19.8. The number of carbonyl (C=O) groups is 3. The molecule has 6 nitrogen and oxygen atoms in total. The van der Waals surface area contributed by atoms with Crippen LogP contribution in [0.1, 0.15) is 101 Å². The number of esters is 2. The molecule has 180 valence electrons. The average Bonchev–Trinajstić information content (AvgIpc) is 2.89. The first-order chi connectivity index (χ1) is 16.5. The molecule has 0 amide bonds. The van der Waals surface area contributed by atoms with E-state index < -0.39 is 11.9 Å². The lowest BCUT2D eigenvalue weighted by Crippen LogP contribution is -2.25. The normalized spacial score (nSPS) is 17.1. The van der Waals surface area contributed by atoms with Crippen molar-refractivity contribution in [1.82, 2.24) is 0 Å². The van der Waals surface area contributed by atoms with Crippen LogP contribution in [0.25, 0.3) is 0 Å². The zero-order valence-electron chi connectivity index (χ0n) is 19.8. The minimum atomic E-state index is -0.567. The first kappa shape index (κ1) is 24.0. The van der Waals surface area contributed by atoms with Crippen LogP contribution in [0.5, 0.6) is 0 Å². The summed E-state index contributed by atoms with van der Waals surface area (Å²) in [6, 6.07) is 11.7. The van der Waals surface area contributed by atoms with Crippen LogP contribution >= 0.6 is 0 Å². The molecule has 2 aliphatic rings. The summed E-state index contributed by atoms with van der Waals surface area (Å²) in [7, 11) is 1.81. The van der Waals surface area contributed by atoms with E-state index in [2.05, 4.69) is 5.32 Å². The molecule has 4 rings (SSSR count). The molecule has 2 aromatic rings. The molecule has 0 atom stereocenters. The molecular formula is C28H33NO5. The van der Waals surface area contributed by atoms with E-state index >= 15 is 0 Å². The van der Waals surface area contributed by atoms with Gasteiger partial charge in [0.1, 0.15) is 12.2 Å². The molecular weight excluding hydrogens is 430 g/mol. The molecule has 0 spiro atoms. The molecule has 0 aromatic heterocycles. The highest BCUT2D eigenvalue weighted by molar-refractivity contribution is 6.12. The van der Waals surface area contributed by atoms with Gasteiger partial charge in [-0.05, 0) is 87.8 Å². The highest BCUT2D eigenvalue weighted by Crippen LogP contribution is 2.26.